The summed E-state index contributed by atoms with van der Waals surface area (Å²) in [5.41, 5.74) is 6.62. The number of anilines is 1. The van der Waals surface area contributed by atoms with Crippen molar-refractivity contribution in [1.82, 2.24) is 9.78 Å². The Kier molecular flexibility index (Phi) is 3.23. The molecular formula is C21H21N3OS. The average Bonchev–Trinajstić information content (AvgIpc) is 3.22. The molecule has 1 aromatic carbocycles. The molecule has 1 N–H and O–H groups in total. The van der Waals surface area contributed by atoms with Crippen LogP contribution in [0.4, 0.5) is 5.69 Å². The van der Waals surface area contributed by atoms with E-state index < -0.39 is 0 Å². The van der Waals surface area contributed by atoms with E-state index in [4.69, 9.17) is 0 Å². The maximum atomic E-state index is 13.2. The molecule has 2 aliphatic rings. The fourth-order valence-corrected chi connectivity index (χ4v) is 5.24. The molecule has 26 heavy (non-hydrogen) atoms. The Balaban J connectivity index is 1.83. The summed E-state index contributed by atoms with van der Waals surface area (Å²) in [7, 11) is 1.98. The lowest BCUT2D eigenvalue weighted by molar-refractivity contribution is -0.118. The summed E-state index contributed by atoms with van der Waals surface area (Å²) in [5.74, 6) is 0.250. The van der Waals surface area contributed by atoms with E-state index in [1.165, 1.54) is 11.1 Å². The number of Topliss-reactive ketones (excluding diaryl/α,β-unsaturated/α-hetero) is 1. The van der Waals surface area contributed by atoms with Crippen molar-refractivity contribution in [3.63, 3.8) is 0 Å². The van der Waals surface area contributed by atoms with Crippen molar-refractivity contribution in [3.8, 4) is 0 Å². The zero-order chi connectivity index (χ0) is 18.1. The number of nitrogens with zero attached hydrogens (tertiary/aromatic N) is 2. The number of benzene rings is 1. The molecule has 3 aromatic rings. The van der Waals surface area contributed by atoms with Crippen molar-refractivity contribution in [2.24, 2.45) is 12.5 Å². The van der Waals surface area contributed by atoms with Crippen molar-refractivity contribution >= 4 is 33.7 Å². The van der Waals surface area contributed by atoms with Gasteiger partial charge in [0.1, 0.15) is 0 Å². The van der Waals surface area contributed by atoms with Crippen molar-refractivity contribution in [1.29, 1.82) is 0 Å². The number of aryl methyl sites for hydroxylation is 1. The Bertz CT molecular complexity index is 1070. The topological polar surface area (TPSA) is 46.9 Å². The van der Waals surface area contributed by atoms with E-state index in [0.29, 0.717) is 6.42 Å². The molecule has 0 radical (unpaired) electrons. The van der Waals surface area contributed by atoms with Crippen molar-refractivity contribution in [2.45, 2.75) is 32.6 Å². The summed E-state index contributed by atoms with van der Waals surface area (Å²) in [6.45, 7) is 4.35. The van der Waals surface area contributed by atoms with Gasteiger partial charge in [-0.2, -0.15) is 16.4 Å². The summed E-state index contributed by atoms with van der Waals surface area (Å²) in [6.07, 6.45) is 3.40. The minimum atomic E-state index is -0.0183. The Morgan fingerprint density at radius 2 is 2.12 bits per heavy atom. The third kappa shape index (κ3) is 2.20. The quantitative estimate of drug-likeness (QED) is 0.673. The standard InChI is InChI=1S/C21H21N3OS/c1-21(2)8-15-18(16(25)9-21)17(13-6-7-26-11-13)19-14(23-15)5-4-12-10-22-24(3)20(12)19/h4-7,10-11,17,23H,8-9H2,1-3H3. The molecule has 1 aliphatic carbocycles. The first-order valence-electron chi connectivity index (χ1n) is 8.94. The molecule has 0 bridgehead atoms. The van der Waals surface area contributed by atoms with Crippen LogP contribution in [-0.2, 0) is 11.8 Å². The number of ketones is 1. The highest BCUT2D eigenvalue weighted by molar-refractivity contribution is 7.08. The van der Waals surface area contributed by atoms with Gasteiger partial charge in [0.25, 0.3) is 0 Å². The number of allylic oxidation sites excluding steroid dienone is 2. The van der Waals surface area contributed by atoms with Crippen LogP contribution in [0.3, 0.4) is 0 Å². The third-order valence-corrected chi connectivity index (χ3v) is 6.30. The Morgan fingerprint density at radius 3 is 2.88 bits per heavy atom. The summed E-state index contributed by atoms with van der Waals surface area (Å²) in [6, 6.07) is 6.39. The molecule has 2 aromatic heterocycles. The van der Waals surface area contributed by atoms with Crippen LogP contribution in [0.2, 0.25) is 0 Å². The summed E-state index contributed by atoms with van der Waals surface area (Å²) in [5, 5.41) is 13.4. The number of nitrogens with one attached hydrogen (secondary N) is 1. The zero-order valence-corrected chi connectivity index (χ0v) is 16.0. The summed E-state index contributed by atoms with van der Waals surface area (Å²) in [4.78, 5) is 13.2. The SMILES string of the molecule is Cn1ncc2ccc3c(c21)C(c1ccsc1)C1=C(CC(C)(C)CC1=O)N3. The molecule has 3 heterocycles. The number of carbonyl (C=O) groups excluding carboxylic acids is 1. The molecular weight excluding hydrogens is 342 g/mol. The highest BCUT2D eigenvalue weighted by atomic mass is 32.1. The number of fused-ring (bicyclic) bond motifs is 3. The second-order valence-electron chi connectivity index (χ2n) is 8.18. The number of rotatable bonds is 1. The molecule has 1 aliphatic heterocycles. The van der Waals surface area contributed by atoms with E-state index in [1.54, 1.807) is 11.3 Å². The van der Waals surface area contributed by atoms with Crippen LogP contribution in [0.5, 0.6) is 0 Å². The van der Waals surface area contributed by atoms with Crippen molar-refractivity contribution in [2.75, 3.05) is 5.32 Å². The molecule has 1 unspecified atom stereocenters. The van der Waals surface area contributed by atoms with Gasteiger partial charge in [-0.1, -0.05) is 13.8 Å². The highest BCUT2D eigenvalue weighted by Gasteiger charge is 2.41. The summed E-state index contributed by atoms with van der Waals surface area (Å²) < 4.78 is 1.93. The molecule has 132 valence electrons. The maximum Gasteiger partial charge on any atom is 0.162 e. The van der Waals surface area contributed by atoms with Crippen LogP contribution in [0.1, 0.15) is 43.7 Å². The second-order valence-corrected chi connectivity index (χ2v) is 8.96. The minimum absolute atomic E-state index is 0.00372. The number of aromatic nitrogens is 2. The van der Waals surface area contributed by atoms with Crippen LogP contribution in [0, 0.1) is 5.41 Å². The molecule has 1 atom stereocenters. The first-order valence-corrected chi connectivity index (χ1v) is 9.89. The highest BCUT2D eigenvalue weighted by Crippen LogP contribution is 2.50. The smallest absolute Gasteiger partial charge is 0.162 e. The van der Waals surface area contributed by atoms with Gasteiger partial charge in [-0.15, -0.1) is 0 Å². The van der Waals surface area contributed by atoms with Gasteiger partial charge in [0.15, 0.2) is 5.78 Å². The Hall–Kier alpha value is -2.40. The van der Waals surface area contributed by atoms with Gasteiger partial charge in [-0.25, -0.2) is 0 Å². The van der Waals surface area contributed by atoms with Crippen LogP contribution >= 0.6 is 11.3 Å². The largest absolute Gasteiger partial charge is 0.358 e. The average molecular weight is 363 g/mol. The van der Waals surface area contributed by atoms with Crippen LogP contribution in [-0.4, -0.2) is 15.6 Å². The van der Waals surface area contributed by atoms with E-state index in [-0.39, 0.29) is 17.1 Å². The maximum absolute atomic E-state index is 13.2. The van der Waals surface area contributed by atoms with Gasteiger partial charge in [0, 0.05) is 47.3 Å². The molecule has 4 nitrogen and oxygen atoms in total. The predicted molar refractivity (Wildman–Crippen MR) is 106 cm³/mol. The molecule has 0 fully saturated rings. The Labute approximate surface area is 156 Å². The van der Waals surface area contributed by atoms with Gasteiger partial charge < -0.3 is 5.32 Å². The van der Waals surface area contributed by atoms with E-state index in [9.17, 15) is 4.79 Å². The van der Waals surface area contributed by atoms with Crippen LogP contribution in [0.25, 0.3) is 10.9 Å². The zero-order valence-electron chi connectivity index (χ0n) is 15.2. The second kappa shape index (κ2) is 5.30. The van der Waals surface area contributed by atoms with Gasteiger partial charge in [-0.05, 0) is 46.4 Å². The molecule has 5 rings (SSSR count). The fourth-order valence-electron chi connectivity index (χ4n) is 4.56. The molecule has 0 spiro atoms. The van der Waals surface area contributed by atoms with Gasteiger partial charge in [-0.3, -0.25) is 9.48 Å². The van der Waals surface area contributed by atoms with Gasteiger partial charge >= 0.3 is 0 Å². The van der Waals surface area contributed by atoms with E-state index in [1.807, 2.05) is 17.9 Å². The number of hydrogen-bond acceptors (Lipinski definition) is 4. The van der Waals surface area contributed by atoms with Crippen molar-refractivity contribution in [3.05, 3.63) is 57.6 Å². The molecule has 0 saturated heterocycles. The monoisotopic (exact) mass is 363 g/mol. The van der Waals surface area contributed by atoms with E-state index in [0.717, 1.165) is 34.3 Å². The first kappa shape index (κ1) is 15.8. The van der Waals surface area contributed by atoms with Crippen LogP contribution in [0.15, 0.2) is 46.4 Å². The number of carbonyl (C=O) groups is 1. The number of thiophene rings is 1. The lowest BCUT2D eigenvalue weighted by atomic mass is 9.69. The Morgan fingerprint density at radius 1 is 1.27 bits per heavy atom. The molecule has 0 amide bonds. The summed E-state index contributed by atoms with van der Waals surface area (Å²) >= 11 is 1.68. The lowest BCUT2D eigenvalue weighted by Crippen LogP contribution is -2.33. The van der Waals surface area contributed by atoms with Crippen molar-refractivity contribution < 1.29 is 4.79 Å². The normalized spacial score (nSPS) is 21.5. The van der Waals surface area contributed by atoms with E-state index in [2.05, 4.69) is 53.2 Å². The molecule has 0 saturated carbocycles. The minimum Gasteiger partial charge on any atom is -0.358 e. The van der Waals surface area contributed by atoms with Gasteiger partial charge in [0.05, 0.1) is 11.7 Å². The predicted octanol–water partition coefficient (Wildman–Crippen LogP) is 4.84. The van der Waals surface area contributed by atoms with Crippen LogP contribution < -0.4 is 5.32 Å². The first-order chi connectivity index (χ1) is 12.4. The molecule has 5 heteroatoms. The van der Waals surface area contributed by atoms with E-state index >= 15 is 0 Å². The van der Waals surface area contributed by atoms with Gasteiger partial charge in [0.2, 0.25) is 0 Å². The number of hydrogen-bond donors (Lipinski definition) is 1. The lowest BCUT2D eigenvalue weighted by Gasteiger charge is -2.39. The fraction of sp³-hybridized carbons (Fsp3) is 0.333. The third-order valence-electron chi connectivity index (χ3n) is 5.60.